The van der Waals surface area contributed by atoms with E-state index in [0.717, 1.165) is 6.42 Å². The smallest absolute Gasteiger partial charge is 0.208 e. The zero-order valence-electron chi connectivity index (χ0n) is 10.7. The van der Waals surface area contributed by atoms with Crippen molar-refractivity contribution in [3.05, 3.63) is 35.9 Å². The first-order chi connectivity index (χ1) is 7.88. The van der Waals surface area contributed by atoms with E-state index >= 15 is 0 Å². The van der Waals surface area contributed by atoms with Crippen LogP contribution in [-0.2, 0) is 16.4 Å². The van der Waals surface area contributed by atoms with Crippen LogP contribution in [0.5, 0.6) is 0 Å². The number of hydrogen-bond donors (Lipinski definition) is 1. The molecule has 1 N–H and O–H groups in total. The Bertz CT molecular complexity index is 426. The summed E-state index contributed by atoms with van der Waals surface area (Å²) in [6.07, 6.45) is 2.11. The van der Waals surface area contributed by atoms with Gasteiger partial charge in [-0.1, -0.05) is 44.2 Å². The van der Waals surface area contributed by atoms with E-state index in [2.05, 4.69) is 30.7 Å². The molecular formula is C13H21NO2S. The molecule has 0 aliphatic carbocycles. The molecule has 17 heavy (non-hydrogen) atoms. The molecule has 1 atom stereocenters. The molecule has 1 aromatic rings. The third-order valence-corrected chi connectivity index (χ3v) is 3.58. The maximum absolute atomic E-state index is 11.1. The zero-order valence-corrected chi connectivity index (χ0v) is 11.5. The van der Waals surface area contributed by atoms with Gasteiger partial charge < -0.3 is 0 Å². The SMILES string of the molecule is CC(C)C(CNS(C)(=O)=O)Cc1ccccc1. The van der Waals surface area contributed by atoms with Crippen LogP contribution in [0.15, 0.2) is 30.3 Å². The fraction of sp³-hybridized carbons (Fsp3) is 0.538. The molecule has 0 saturated heterocycles. The van der Waals surface area contributed by atoms with Crippen molar-refractivity contribution in [1.29, 1.82) is 0 Å². The van der Waals surface area contributed by atoms with Crippen molar-refractivity contribution in [2.45, 2.75) is 20.3 Å². The van der Waals surface area contributed by atoms with E-state index in [-0.39, 0.29) is 0 Å². The second-order valence-electron chi connectivity index (χ2n) is 4.81. The molecule has 0 fully saturated rings. The summed E-state index contributed by atoms with van der Waals surface area (Å²) in [5.74, 6) is 0.775. The van der Waals surface area contributed by atoms with Crippen LogP contribution in [-0.4, -0.2) is 21.2 Å². The van der Waals surface area contributed by atoms with Gasteiger partial charge in [0.2, 0.25) is 10.0 Å². The largest absolute Gasteiger partial charge is 0.215 e. The van der Waals surface area contributed by atoms with Gasteiger partial charge in [-0.05, 0) is 23.8 Å². The molecule has 0 saturated carbocycles. The number of hydrogen-bond acceptors (Lipinski definition) is 2. The van der Waals surface area contributed by atoms with Crippen LogP contribution in [0.3, 0.4) is 0 Å². The maximum atomic E-state index is 11.1. The van der Waals surface area contributed by atoms with Crippen molar-refractivity contribution >= 4 is 10.0 Å². The molecule has 3 nitrogen and oxygen atoms in total. The summed E-state index contributed by atoms with van der Waals surface area (Å²) in [5, 5.41) is 0. The van der Waals surface area contributed by atoms with E-state index in [9.17, 15) is 8.42 Å². The molecule has 0 radical (unpaired) electrons. The van der Waals surface area contributed by atoms with Gasteiger partial charge in [0.05, 0.1) is 6.26 Å². The molecule has 1 aromatic carbocycles. The van der Waals surface area contributed by atoms with Crippen LogP contribution >= 0.6 is 0 Å². The monoisotopic (exact) mass is 255 g/mol. The quantitative estimate of drug-likeness (QED) is 0.845. The molecule has 1 rings (SSSR count). The molecular weight excluding hydrogens is 234 g/mol. The lowest BCUT2D eigenvalue weighted by Gasteiger charge is -2.21. The number of nitrogens with one attached hydrogen (secondary N) is 1. The maximum Gasteiger partial charge on any atom is 0.208 e. The van der Waals surface area contributed by atoms with Crippen molar-refractivity contribution in [2.75, 3.05) is 12.8 Å². The van der Waals surface area contributed by atoms with Gasteiger partial charge in [-0.2, -0.15) is 0 Å². The van der Waals surface area contributed by atoms with E-state index in [1.54, 1.807) is 0 Å². The Morgan fingerprint density at radius 2 is 1.76 bits per heavy atom. The number of rotatable bonds is 6. The van der Waals surface area contributed by atoms with Crippen LogP contribution in [0.4, 0.5) is 0 Å². The van der Waals surface area contributed by atoms with Crippen molar-refractivity contribution in [3.8, 4) is 0 Å². The van der Waals surface area contributed by atoms with E-state index in [1.807, 2.05) is 18.2 Å². The minimum atomic E-state index is -3.09. The lowest BCUT2D eigenvalue weighted by atomic mass is 9.89. The summed E-state index contributed by atoms with van der Waals surface area (Å²) < 4.78 is 24.8. The Morgan fingerprint density at radius 3 is 2.24 bits per heavy atom. The first kappa shape index (κ1) is 14.2. The summed E-state index contributed by atoms with van der Waals surface area (Å²) in [7, 11) is -3.09. The molecule has 0 aliphatic heterocycles. The first-order valence-corrected chi connectivity index (χ1v) is 7.76. The molecule has 0 heterocycles. The predicted molar refractivity (Wildman–Crippen MR) is 71.3 cm³/mol. The van der Waals surface area contributed by atoms with Crippen molar-refractivity contribution in [2.24, 2.45) is 11.8 Å². The van der Waals surface area contributed by atoms with Crippen LogP contribution in [0.25, 0.3) is 0 Å². The Hall–Kier alpha value is -0.870. The van der Waals surface area contributed by atoms with Crippen LogP contribution in [0.2, 0.25) is 0 Å². The van der Waals surface area contributed by atoms with Gasteiger partial charge >= 0.3 is 0 Å². The van der Waals surface area contributed by atoms with E-state index < -0.39 is 10.0 Å². The lowest BCUT2D eigenvalue weighted by Crippen LogP contribution is -2.31. The number of sulfonamides is 1. The van der Waals surface area contributed by atoms with Crippen molar-refractivity contribution < 1.29 is 8.42 Å². The van der Waals surface area contributed by atoms with Gasteiger partial charge in [-0.25, -0.2) is 13.1 Å². The third kappa shape index (κ3) is 5.84. The summed E-state index contributed by atoms with van der Waals surface area (Å²) in [4.78, 5) is 0. The van der Waals surface area contributed by atoms with Crippen LogP contribution < -0.4 is 4.72 Å². The van der Waals surface area contributed by atoms with Crippen molar-refractivity contribution in [3.63, 3.8) is 0 Å². The molecule has 0 aromatic heterocycles. The first-order valence-electron chi connectivity index (χ1n) is 5.87. The van der Waals surface area contributed by atoms with E-state index in [0.29, 0.717) is 18.4 Å². The Morgan fingerprint density at radius 1 is 1.18 bits per heavy atom. The normalized spacial score (nSPS) is 13.9. The third-order valence-electron chi connectivity index (χ3n) is 2.89. The molecule has 0 spiro atoms. The topological polar surface area (TPSA) is 46.2 Å². The van der Waals surface area contributed by atoms with E-state index in [4.69, 9.17) is 0 Å². The molecule has 0 amide bonds. The highest BCUT2D eigenvalue weighted by atomic mass is 32.2. The van der Waals surface area contributed by atoms with Crippen LogP contribution in [0, 0.1) is 11.8 Å². The Balaban J connectivity index is 2.61. The van der Waals surface area contributed by atoms with Gasteiger partial charge in [-0.3, -0.25) is 0 Å². The summed E-state index contributed by atoms with van der Waals surface area (Å²) in [6.45, 7) is 4.75. The van der Waals surface area contributed by atoms with Crippen LogP contribution in [0.1, 0.15) is 19.4 Å². The number of benzene rings is 1. The second-order valence-corrected chi connectivity index (χ2v) is 6.65. The molecule has 4 heteroatoms. The molecule has 0 aliphatic rings. The highest BCUT2D eigenvalue weighted by Gasteiger charge is 2.15. The predicted octanol–water partition coefficient (Wildman–Crippen LogP) is 2.05. The Kier molecular flexibility index (Phi) is 5.15. The highest BCUT2D eigenvalue weighted by Crippen LogP contribution is 2.16. The average Bonchev–Trinajstić information content (AvgIpc) is 2.24. The summed E-state index contributed by atoms with van der Waals surface area (Å²) in [6, 6.07) is 10.2. The molecule has 96 valence electrons. The fourth-order valence-corrected chi connectivity index (χ4v) is 2.24. The minimum Gasteiger partial charge on any atom is -0.215 e. The van der Waals surface area contributed by atoms with Gasteiger partial charge in [-0.15, -0.1) is 0 Å². The fourth-order valence-electron chi connectivity index (χ4n) is 1.72. The van der Waals surface area contributed by atoms with Gasteiger partial charge in [0.15, 0.2) is 0 Å². The molecule has 1 unspecified atom stereocenters. The molecule has 0 bridgehead atoms. The lowest BCUT2D eigenvalue weighted by molar-refractivity contribution is 0.380. The standard InChI is InChI=1S/C13H21NO2S/c1-11(2)13(10-14-17(3,15)16)9-12-7-5-4-6-8-12/h4-8,11,13-14H,9-10H2,1-3H3. The summed E-state index contributed by atoms with van der Waals surface area (Å²) >= 11 is 0. The zero-order chi connectivity index (χ0) is 12.9. The van der Waals surface area contributed by atoms with E-state index in [1.165, 1.54) is 11.8 Å². The highest BCUT2D eigenvalue weighted by molar-refractivity contribution is 7.88. The summed E-state index contributed by atoms with van der Waals surface area (Å²) in [5.41, 5.74) is 1.25. The van der Waals surface area contributed by atoms with Crippen molar-refractivity contribution in [1.82, 2.24) is 4.72 Å². The van der Waals surface area contributed by atoms with Gasteiger partial charge in [0, 0.05) is 6.54 Å². The average molecular weight is 255 g/mol. The Labute approximate surface area is 104 Å². The minimum absolute atomic E-state index is 0.326. The van der Waals surface area contributed by atoms with Gasteiger partial charge in [0.25, 0.3) is 0 Å². The second kappa shape index (κ2) is 6.17. The van der Waals surface area contributed by atoms with Gasteiger partial charge in [0.1, 0.15) is 0 Å².